The Bertz CT molecular complexity index is 665. The predicted octanol–water partition coefficient (Wildman–Crippen LogP) is 1.65. The summed E-state index contributed by atoms with van der Waals surface area (Å²) < 4.78 is 26.9. The second kappa shape index (κ2) is 6.31. The van der Waals surface area contributed by atoms with Crippen LogP contribution in [0.3, 0.4) is 0 Å². The number of piperidine rings is 1. The van der Waals surface area contributed by atoms with Crippen LogP contribution in [0, 0.1) is 23.0 Å². The maximum atomic E-state index is 12.7. The van der Waals surface area contributed by atoms with E-state index in [1.165, 1.54) is 29.4 Å². The maximum absolute atomic E-state index is 12.7. The zero-order valence-corrected chi connectivity index (χ0v) is 13.5. The summed E-state index contributed by atoms with van der Waals surface area (Å²) in [6.45, 7) is 4.20. The van der Waals surface area contributed by atoms with E-state index >= 15 is 0 Å². The van der Waals surface area contributed by atoms with Crippen LogP contribution in [0.5, 0.6) is 0 Å². The molecule has 0 saturated carbocycles. The van der Waals surface area contributed by atoms with Gasteiger partial charge in [-0.15, -0.1) is 0 Å². The lowest BCUT2D eigenvalue weighted by atomic mass is 9.92. The average molecular weight is 327 g/mol. The molecule has 0 aromatic heterocycles. The highest BCUT2D eigenvalue weighted by atomic mass is 32.2. The standard InChI is InChI=1S/C14H21N3O4S/c1-10-13(17(18)19)4-3-5-14(10)22(20,21)16-8-6-12(7-9-16)11(2)15/h3-5,11-12H,6-9,15H2,1-2H3. The highest BCUT2D eigenvalue weighted by Crippen LogP contribution is 2.30. The van der Waals surface area contributed by atoms with Crippen molar-refractivity contribution < 1.29 is 13.3 Å². The molecule has 1 unspecified atom stereocenters. The van der Waals surface area contributed by atoms with Gasteiger partial charge in [0.05, 0.1) is 9.82 Å². The first kappa shape index (κ1) is 16.9. The van der Waals surface area contributed by atoms with Crippen molar-refractivity contribution in [2.45, 2.75) is 37.6 Å². The van der Waals surface area contributed by atoms with E-state index in [0.29, 0.717) is 31.8 Å². The van der Waals surface area contributed by atoms with Gasteiger partial charge in [0.1, 0.15) is 0 Å². The Morgan fingerprint density at radius 3 is 2.45 bits per heavy atom. The highest BCUT2D eigenvalue weighted by molar-refractivity contribution is 7.89. The minimum Gasteiger partial charge on any atom is -0.328 e. The maximum Gasteiger partial charge on any atom is 0.273 e. The van der Waals surface area contributed by atoms with Crippen molar-refractivity contribution in [1.82, 2.24) is 4.31 Å². The molecule has 1 saturated heterocycles. The number of sulfonamides is 1. The first-order valence-corrected chi connectivity index (χ1v) is 8.69. The molecule has 22 heavy (non-hydrogen) atoms. The fourth-order valence-corrected chi connectivity index (χ4v) is 4.57. The molecule has 1 heterocycles. The van der Waals surface area contributed by atoms with E-state index in [1.807, 2.05) is 6.92 Å². The van der Waals surface area contributed by atoms with Crippen LogP contribution in [0.15, 0.2) is 23.1 Å². The predicted molar refractivity (Wildman–Crippen MR) is 83.0 cm³/mol. The summed E-state index contributed by atoms with van der Waals surface area (Å²) >= 11 is 0. The Morgan fingerprint density at radius 2 is 1.95 bits per heavy atom. The van der Waals surface area contributed by atoms with Gasteiger partial charge < -0.3 is 5.73 Å². The fraction of sp³-hybridized carbons (Fsp3) is 0.571. The van der Waals surface area contributed by atoms with Gasteiger partial charge in [0.15, 0.2) is 0 Å². The Kier molecular flexibility index (Phi) is 4.84. The SMILES string of the molecule is Cc1c([N+](=O)[O-])cccc1S(=O)(=O)N1CCC(C(C)N)CC1. The van der Waals surface area contributed by atoms with Crippen LogP contribution >= 0.6 is 0 Å². The van der Waals surface area contributed by atoms with Crippen molar-refractivity contribution in [2.75, 3.05) is 13.1 Å². The number of nitro benzene ring substituents is 1. The number of nitrogens with zero attached hydrogens (tertiary/aromatic N) is 2. The van der Waals surface area contributed by atoms with Crippen LogP contribution in [-0.4, -0.2) is 36.8 Å². The first-order valence-electron chi connectivity index (χ1n) is 7.25. The smallest absolute Gasteiger partial charge is 0.273 e. The van der Waals surface area contributed by atoms with Gasteiger partial charge in [0, 0.05) is 30.8 Å². The fourth-order valence-electron chi connectivity index (χ4n) is 2.86. The number of nitro groups is 1. The summed E-state index contributed by atoms with van der Waals surface area (Å²) in [7, 11) is -3.71. The molecule has 8 heteroatoms. The summed E-state index contributed by atoms with van der Waals surface area (Å²) in [5.74, 6) is 0.317. The van der Waals surface area contributed by atoms with Crippen LogP contribution in [-0.2, 0) is 10.0 Å². The number of benzene rings is 1. The Hall–Kier alpha value is -1.51. The van der Waals surface area contributed by atoms with Crippen LogP contribution in [0.2, 0.25) is 0 Å². The van der Waals surface area contributed by atoms with Crippen molar-refractivity contribution in [3.63, 3.8) is 0 Å². The van der Waals surface area contributed by atoms with Crippen molar-refractivity contribution >= 4 is 15.7 Å². The van der Waals surface area contributed by atoms with E-state index in [1.54, 1.807) is 0 Å². The molecule has 0 spiro atoms. The van der Waals surface area contributed by atoms with Crippen molar-refractivity contribution in [2.24, 2.45) is 11.7 Å². The van der Waals surface area contributed by atoms with Crippen molar-refractivity contribution in [3.05, 3.63) is 33.9 Å². The molecule has 1 fully saturated rings. The van der Waals surface area contributed by atoms with Crippen LogP contribution in [0.25, 0.3) is 0 Å². The molecule has 0 bridgehead atoms. The first-order chi connectivity index (χ1) is 10.2. The van der Waals surface area contributed by atoms with Crippen LogP contribution in [0.1, 0.15) is 25.3 Å². The molecule has 1 aliphatic heterocycles. The van der Waals surface area contributed by atoms with E-state index in [0.717, 1.165) is 0 Å². The molecule has 1 aromatic carbocycles. The molecule has 2 rings (SSSR count). The van der Waals surface area contributed by atoms with E-state index in [2.05, 4.69) is 0 Å². The molecule has 1 aromatic rings. The molecule has 0 amide bonds. The molecule has 7 nitrogen and oxygen atoms in total. The van der Waals surface area contributed by atoms with Gasteiger partial charge in [-0.3, -0.25) is 10.1 Å². The van der Waals surface area contributed by atoms with Gasteiger partial charge in [-0.1, -0.05) is 6.07 Å². The van der Waals surface area contributed by atoms with E-state index < -0.39 is 14.9 Å². The highest BCUT2D eigenvalue weighted by Gasteiger charge is 2.32. The summed E-state index contributed by atoms with van der Waals surface area (Å²) in [5, 5.41) is 11.0. The quantitative estimate of drug-likeness (QED) is 0.668. The largest absolute Gasteiger partial charge is 0.328 e. The second-order valence-electron chi connectivity index (χ2n) is 5.76. The third-order valence-corrected chi connectivity index (χ3v) is 6.36. The average Bonchev–Trinajstić information content (AvgIpc) is 2.47. The zero-order valence-electron chi connectivity index (χ0n) is 12.7. The van der Waals surface area contributed by atoms with Gasteiger partial charge in [-0.25, -0.2) is 8.42 Å². The van der Waals surface area contributed by atoms with Crippen LogP contribution in [0.4, 0.5) is 5.69 Å². The molecule has 122 valence electrons. The Labute approximate surface area is 130 Å². The van der Waals surface area contributed by atoms with Crippen molar-refractivity contribution in [1.29, 1.82) is 0 Å². The molecular weight excluding hydrogens is 306 g/mol. The van der Waals surface area contributed by atoms with E-state index in [4.69, 9.17) is 5.73 Å². The Morgan fingerprint density at radius 1 is 1.36 bits per heavy atom. The van der Waals surface area contributed by atoms with Gasteiger partial charge in [0.2, 0.25) is 10.0 Å². The van der Waals surface area contributed by atoms with Gasteiger partial charge in [-0.05, 0) is 38.7 Å². The normalized spacial score (nSPS) is 19.0. The van der Waals surface area contributed by atoms with Crippen LogP contribution < -0.4 is 5.73 Å². The zero-order chi connectivity index (χ0) is 16.5. The number of rotatable bonds is 4. The van der Waals surface area contributed by atoms with Gasteiger partial charge >= 0.3 is 0 Å². The van der Waals surface area contributed by atoms with Crippen molar-refractivity contribution in [3.8, 4) is 0 Å². The lowest BCUT2D eigenvalue weighted by Gasteiger charge is -2.33. The van der Waals surface area contributed by atoms with Gasteiger partial charge in [-0.2, -0.15) is 4.31 Å². The molecule has 1 aliphatic rings. The minimum atomic E-state index is -3.71. The second-order valence-corrected chi connectivity index (χ2v) is 7.66. The number of hydrogen-bond donors (Lipinski definition) is 1. The molecular formula is C14H21N3O4S. The lowest BCUT2D eigenvalue weighted by molar-refractivity contribution is -0.385. The Balaban J connectivity index is 2.29. The molecule has 0 aliphatic carbocycles. The molecule has 0 radical (unpaired) electrons. The molecule has 1 atom stereocenters. The summed E-state index contributed by atoms with van der Waals surface area (Å²) in [4.78, 5) is 10.4. The van der Waals surface area contributed by atoms with Gasteiger partial charge in [0.25, 0.3) is 5.69 Å². The van der Waals surface area contributed by atoms with E-state index in [-0.39, 0.29) is 22.2 Å². The number of nitrogens with two attached hydrogens (primary N) is 1. The topological polar surface area (TPSA) is 107 Å². The summed E-state index contributed by atoms with van der Waals surface area (Å²) in [6.07, 6.45) is 1.43. The third kappa shape index (κ3) is 3.13. The monoisotopic (exact) mass is 327 g/mol. The lowest BCUT2D eigenvalue weighted by Crippen LogP contribution is -2.42. The number of hydrogen-bond acceptors (Lipinski definition) is 5. The third-order valence-electron chi connectivity index (χ3n) is 4.31. The molecule has 2 N–H and O–H groups in total. The summed E-state index contributed by atoms with van der Waals surface area (Å²) in [6, 6.07) is 4.20. The summed E-state index contributed by atoms with van der Waals surface area (Å²) in [5.41, 5.74) is 5.87. The van der Waals surface area contributed by atoms with E-state index in [9.17, 15) is 18.5 Å². The minimum absolute atomic E-state index is 0.0148.